The Bertz CT molecular complexity index is 674. The van der Waals surface area contributed by atoms with Gasteiger partial charge < -0.3 is 4.90 Å². The molecule has 3 rings (SSSR count). The normalized spacial score (nSPS) is 20.6. The van der Waals surface area contributed by atoms with E-state index in [2.05, 4.69) is 0 Å². The van der Waals surface area contributed by atoms with Crippen molar-refractivity contribution < 1.29 is 13.3 Å². The maximum Gasteiger partial charge on any atom is 0.305 e. The minimum Gasteiger partial charge on any atom is -0.358 e. The molecule has 2 saturated heterocycles. The molecule has 0 aromatic carbocycles. The largest absolute Gasteiger partial charge is 0.358 e. The molecule has 9 heteroatoms. The van der Waals surface area contributed by atoms with E-state index in [1.54, 1.807) is 0 Å². The predicted molar refractivity (Wildman–Crippen MR) is 89.6 cm³/mol. The van der Waals surface area contributed by atoms with E-state index < -0.39 is 14.9 Å². The smallest absolute Gasteiger partial charge is 0.305 e. The molecule has 23 heavy (non-hydrogen) atoms. The van der Waals surface area contributed by atoms with E-state index in [-0.39, 0.29) is 9.90 Å². The van der Waals surface area contributed by atoms with Crippen LogP contribution in [0, 0.1) is 10.1 Å². The van der Waals surface area contributed by atoms with E-state index in [1.807, 2.05) is 4.90 Å². The summed E-state index contributed by atoms with van der Waals surface area (Å²) in [5.41, 5.74) is -0.0764. The molecule has 2 aliphatic heterocycles. The van der Waals surface area contributed by atoms with Gasteiger partial charge in [0.2, 0.25) is 0 Å². The average molecular weight is 359 g/mol. The second-order valence-electron chi connectivity index (χ2n) is 6.03. The summed E-state index contributed by atoms with van der Waals surface area (Å²) in [4.78, 5) is 12.9. The minimum atomic E-state index is -3.62. The molecule has 7 nitrogen and oxygen atoms in total. The van der Waals surface area contributed by atoms with Crippen molar-refractivity contribution in [2.24, 2.45) is 0 Å². The summed E-state index contributed by atoms with van der Waals surface area (Å²) in [5, 5.41) is 11.8. The lowest BCUT2D eigenvalue weighted by molar-refractivity contribution is -0.383. The first-order chi connectivity index (χ1) is 11.0. The number of nitro groups is 1. The number of thiophene rings is 1. The zero-order valence-corrected chi connectivity index (χ0v) is 14.6. The van der Waals surface area contributed by atoms with Gasteiger partial charge in [0.25, 0.3) is 10.0 Å². The molecule has 0 bridgehead atoms. The Hall–Kier alpha value is -1.19. The topological polar surface area (TPSA) is 83.8 Å². The summed E-state index contributed by atoms with van der Waals surface area (Å²) in [6, 6.07) is 1.25. The number of rotatable bonds is 4. The molecule has 0 saturated carbocycles. The summed E-state index contributed by atoms with van der Waals surface area (Å²) in [5.74, 6) is 0. The van der Waals surface area contributed by atoms with E-state index in [1.165, 1.54) is 10.4 Å². The van der Waals surface area contributed by atoms with Crippen molar-refractivity contribution in [1.82, 2.24) is 4.31 Å². The van der Waals surface area contributed by atoms with Crippen LogP contribution >= 0.6 is 11.3 Å². The number of hydrogen-bond acceptors (Lipinski definition) is 6. The summed E-state index contributed by atoms with van der Waals surface area (Å²) >= 11 is 1.05. The van der Waals surface area contributed by atoms with Gasteiger partial charge in [0.15, 0.2) is 5.00 Å². The Balaban J connectivity index is 1.94. The van der Waals surface area contributed by atoms with E-state index in [9.17, 15) is 18.5 Å². The maximum atomic E-state index is 12.8. The van der Waals surface area contributed by atoms with Crippen LogP contribution in [0.1, 0.15) is 38.5 Å². The molecule has 0 spiro atoms. The van der Waals surface area contributed by atoms with E-state index in [0.29, 0.717) is 18.1 Å². The van der Waals surface area contributed by atoms with Crippen molar-refractivity contribution in [1.29, 1.82) is 0 Å². The molecule has 0 N–H and O–H groups in total. The van der Waals surface area contributed by atoms with Crippen molar-refractivity contribution in [3.8, 4) is 0 Å². The summed E-state index contributed by atoms with van der Waals surface area (Å²) in [7, 11) is -3.62. The summed E-state index contributed by atoms with van der Waals surface area (Å²) in [6.07, 6.45) is 5.84. The molecular formula is C14H21N3O4S2. The van der Waals surface area contributed by atoms with Crippen molar-refractivity contribution >= 4 is 32.0 Å². The van der Waals surface area contributed by atoms with Gasteiger partial charge in [0.05, 0.1) is 4.92 Å². The molecule has 0 atom stereocenters. The van der Waals surface area contributed by atoms with Crippen LogP contribution in [0.2, 0.25) is 0 Å². The Labute approximate surface area is 140 Å². The third kappa shape index (κ3) is 3.36. The first kappa shape index (κ1) is 16.7. The van der Waals surface area contributed by atoms with Gasteiger partial charge in [-0.25, -0.2) is 8.42 Å². The SMILES string of the molecule is O=[N+]([O-])c1cc(S(=O)(=O)N2CCCCC2)sc1N1CCCCC1. The van der Waals surface area contributed by atoms with Gasteiger partial charge in [-0.3, -0.25) is 10.1 Å². The summed E-state index contributed by atoms with van der Waals surface area (Å²) < 4.78 is 27.1. The van der Waals surface area contributed by atoms with Gasteiger partial charge >= 0.3 is 5.69 Å². The first-order valence-corrected chi connectivity index (χ1v) is 10.3. The molecule has 1 aromatic rings. The van der Waals surface area contributed by atoms with Gasteiger partial charge in [-0.2, -0.15) is 4.31 Å². The highest BCUT2D eigenvalue weighted by atomic mass is 32.2. The third-order valence-corrected chi connectivity index (χ3v) is 7.95. The van der Waals surface area contributed by atoms with Gasteiger partial charge in [-0.1, -0.05) is 17.8 Å². The first-order valence-electron chi connectivity index (χ1n) is 8.03. The highest BCUT2D eigenvalue weighted by Crippen LogP contribution is 2.42. The Morgan fingerprint density at radius 1 is 1.00 bits per heavy atom. The third-order valence-electron chi connectivity index (χ3n) is 4.42. The van der Waals surface area contributed by atoms with Gasteiger partial charge in [0.1, 0.15) is 4.21 Å². The second kappa shape index (κ2) is 6.74. The molecule has 2 aliphatic rings. The fraction of sp³-hybridized carbons (Fsp3) is 0.714. The van der Waals surface area contributed by atoms with Crippen molar-refractivity contribution in [3.05, 3.63) is 16.2 Å². The van der Waals surface area contributed by atoms with Crippen LogP contribution in [0.15, 0.2) is 10.3 Å². The van der Waals surface area contributed by atoms with Gasteiger partial charge in [-0.15, -0.1) is 0 Å². The Morgan fingerprint density at radius 2 is 1.57 bits per heavy atom. The molecular weight excluding hydrogens is 338 g/mol. The van der Waals surface area contributed by atoms with Gasteiger partial charge in [-0.05, 0) is 32.1 Å². The Morgan fingerprint density at radius 3 is 2.13 bits per heavy atom. The monoisotopic (exact) mass is 359 g/mol. The summed E-state index contributed by atoms with van der Waals surface area (Å²) in [6.45, 7) is 2.52. The fourth-order valence-corrected chi connectivity index (χ4v) is 6.30. The molecule has 0 unspecified atom stereocenters. The lowest BCUT2D eigenvalue weighted by Gasteiger charge is -2.27. The van der Waals surface area contributed by atoms with E-state index >= 15 is 0 Å². The zero-order chi connectivity index (χ0) is 16.4. The van der Waals surface area contributed by atoms with Crippen molar-refractivity contribution in [2.75, 3.05) is 31.1 Å². The number of piperidine rings is 2. The van der Waals surface area contributed by atoms with Crippen molar-refractivity contribution in [2.45, 2.75) is 42.7 Å². The lowest BCUT2D eigenvalue weighted by Crippen LogP contribution is -2.35. The van der Waals surface area contributed by atoms with Crippen LogP contribution in [0.4, 0.5) is 10.7 Å². The molecule has 128 valence electrons. The van der Waals surface area contributed by atoms with Gasteiger partial charge in [0, 0.05) is 32.2 Å². The van der Waals surface area contributed by atoms with Crippen molar-refractivity contribution in [3.63, 3.8) is 0 Å². The lowest BCUT2D eigenvalue weighted by atomic mass is 10.1. The van der Waals surface area contributed by atoms with E-state index in [4.69, 9.17) is 0 Å². The van der Waals surface area contributed by atoms with E-state index in [0.717, 1.165) is 63.0 Å². The molecule has 3 heterocycles. The fourth-order valence-electron chi connectivity index (χ4n) is 3.16. The number of sulfonamides is 1. The van der Waals surface area contributed by atoms with Crippen LogP contribution in [-0.2, 0) is 10.0 Å². The molecule has 0 amide bonds. The predicted octanol–water partition coefficient (Wildman–Crippen LogP) is 2.82. The second-order valence-corrected chi connectivity index (χ2v) is 9.22. The molecule has 0 radical (unpaired) electrons. The number of anilines is 1. The molecule has 2 fully saturated rings. The number of hydrogen-bond donors (Lipinski definition) is 0. The Kier molecular flexibility index (Phi) is 4.88. The minimum absolute atomic E-state index is 0.0764. The van der Waals surface area contributed by atoms with Crippen LogP contribution < -0.4 is 4.90 Å². The van der Waals surface area contributed by atoms with Crippen LogP contribution in [0.5, 0.6) is 0 Å². The maximum absolute atomic E-state index is 12.8. The standard InChI is InChI=1S/C14H21N3O4S2/c18-17(19)12-11-13(22-14(12)15-7-3-1-4-8-15)23(20,21)16-9-5-2-6-10-16/h11H,1-10H2. The van der Waals surface area contributed by atoms with Crippen LogP contribution in [0.25, 0.3) is 0 Å². The number of nitrogens with zero attached hydrogens (tertiary/aromatic N) is 3. The zero-order valence-electron chi connectivity index (χ0n) is 12.9. The molecule has 0 aliphatic carbocycles. The van der Waals surface area contributed by atoms with Crippen LogP contribution in [0.3, 0.4) is 0 Å². The van der Waals surface area contributed by atoms with Crippen LogP contribution in [-0.4, -0.2) is 43.8 Å². The molecule has 1 aromatic heterocycles. The average Bonchev–Trinajstić information content (AvgIpc) is 3.03. The highest BCUT2D eigenvalue weighted by Gasteiger charge is 2.33. The highest BCUT2D eigenvalue weighted by molar-refractivity contribution is 7.91. The quantitative estimate of drug-likeness (QED) is 0.610.